The Bertz CT molecular complexity index is 522. The van der Waals surface area contributed by atoms with Crippen molar-refractivity contribution >= 4 is 15.8 Å². The number of sulfonamides is 1. The van der Waals surface area contributed by atoms with Gasteiger partial charge >= 0.3 is 0 Å². The molecule has 8 heteroatoms. The molecule has 7 nitrogen and oxygen atoms in total. The molecule has 0 saturated heterocycles. The van der Waals surface area contributed by atoms with Crippen molar-refractivity contribution in [2.45, 2.75) is 24.3 Å². The first kappa shape index (κ1) is 17.8. The van der Waals surface area contributed by atoms with Crippen LogP contribution in [-0.2, 0) is 19.5 Å². The summed E-state index contributed by atoms with van der Waals surface area (Å²) >= 11 is 0. The highest BCUT2D eigenvalue weighted by Gasteiger charge is 2.20. The van der Waals surface area contributed by atoms with Gasteiger partial charge in [0.2, 0.25) is 10.0 Å². The fourth-order valence-electron chi connectivity index (χ4n) is 1.66. The van der Waals surface area contributed by atoms with E-state index < -0.39 is 10.0 Å². The van der Waals surface area contributed by atoms with Gasteiger partial charge in [0.25, 0.3) is 0 Å². The van der Waals surface area contributed by atoms with Crippen LogP contribution in [0.4, 0.5) is 5.82 Å². The molecule has 1 heterocycles. The molecule has 0 saturated carbocycles. The lowest BCUT2D eigenvalue weighted by Crippen LogP contribution is -2.36. The molecular weight excluding hydrogens is 294 g/mol. The Morgan fingerprint density at radius 1 is 1.38 bits per heavy atom. The highest BCUT2D eigenvalue weighted by molar-refractivity contribution is 7.89. The lowest BCUT2D eigenvalue weighted by Gasteiger charge is -2.16. The number of pyridine rings is 1. The molecule has 0 radical (unpaired) electrons. The summed E-state index contributed by atoms with van der Waals surface area (Å²) in [7, 11) is -0.609. The Kier molecular flexibility index (Phi) is 7.58. The van der Waals surface area contributed by atoms with Crippen molar-refractivity contribution in [2.24, 2.45) is 0 Å². The van der Waals surface area contributed by atoms with Crippen LogP contribution in [-0.4, -0.2) is 53.4 Å². The van der Waals surface area contributed by atoms with E-state index in [4.69, 9.17) is 9.47 Å². The number of ether oxygens (including phenoxy) is 2. The van der Waals surface area contributed by atoms with Crippen LogP contribution < -0.4 is 10.0 Å². The maximum Gasteiger partial charge on any atom is 0.244 e. The van der Waals surface area contributed by atoms with E-state index in [0.29, 0.717) is 19.0 Å². The molecule has 0 aliphatic heterocycles. The second-order valence-corrected chi connectivity index (χ2v) is 6.18. The smallest absolute Gasteiger partial charge is 0.244 e. The summed E-state index contributed by atoms with van der Waals surface area (Å²) in [4.78, 5) is 4.21. The lowest BCUT2D eigenvalue weighted by molar-refractivity contribution is 0.0320. The predicted octanol–water partition coefficient (Wildman–Crippen LogP) is 0.843. The topological polar surface area (TPSA) is 89.6 Å². The highest BCUT2D eigenvalue weighted by Crippen LogP contribution is 2.17. The molecule has 0 spiro atoms. The monoisotopic (exact) mass is 317 g/mol. The first-order valence-corrected chi connectivity index (χ1v) is 8.23. The van der Waals surface area contributed by atoms with E-state index in [-0.39, 0.29) is 17.5 Å². The van der Waals surface area contributed by atoms with E-state index in [1.54, 1.807) is 12.3 Å². The number of hydrogen-bond acceptors (Lipinski definition) is 6. The zero-order chi connectivity index (χ0) is 15.7. The van der Waals surface area contributed by atoms with E-state index in [1.165, 1.54) is 20.3 Å². The molecule has 1 unspecified atom stereocenters. The Morgan fingerprint density at radius 3 is 2.76 bits per heavy atom. The third-order valence-corrected chi connectivity index (χ3v) is 4.24. The summed E-state index contributed by atoms with van der Waals surface area (Å²) in [6.45, 7) is 3.10. The average Bonchev–Trinajstić information content (AvgIpc) is 2.49. The van der Waals surface area contributed by atoms with E-state index in [9.17, 15) is 8.42 Å². The maximum atomic E-state index is 12.4. The zero-order valence-electron chi connectivity index (χ0n) is 12.6. The minimum Gasteiger partial charge on any atom is -0.382 e. The summed E-state index contributed by atoms with van der Waals surface area (Å²) in [5, 5.41) is 3.01. The molecule has 2 N–H and O–H groups in total. The first-order valence-electron chi connectivity index (χ1n) is 6.75. The average molecular weight is 317 g/mol. The maximum absolute atomic E-state index is 12.4. The molecule has 120 valence electrons. The van der Waals surface area contributed by atoms with Crippen molar-refractivity contribution in [3.05, 3.63) is 18.3 Å². The van der Waals surface area contributed by atoms with E-state index in [2.05, 4.69) is 15.0 Å². The lowest BCUT2D eigenvalue weighted by atomic mass is 10.4. The van der Waals surface area contributed by atoms with Gasteiger partial charge < -0.3 is 14.8 Å². The number of aromatic nitrogens is 1. The Hall–Kier alpha value is -1.22. The normalized spacial score (nSPS) is 13.1. The van der Waals surface area contributed by atoms with Crippen LogP contribution in [0.3, 0.4) is 0 Å². The van der Waals surface area contributed by atoms with Gasteiger partial charge in [0, 0.05) is 33.5 Å². The van der Waals surface area contributed by atoms with Gasteiger partial charge in [0.15, 0.2) is 0 Å². The quantitative estimate of drug-likeness (QED) is 0.665. The number of anilines is 1. The van der Waals surface area contributed by atoms with Crippen LogP contribution in [0.1, 0.15) is 13.3 Å². The molecule has 0 aromatic carbocycles. The Balaban J connectivity index is 2.82. The Labute approximate surface area is 126 Å². The first-order chi connectivity index (χ1) is 10.0. The second-order valence-electron chi connectivity index (χ2n) is 4.44. The van der Waals surface area contributed by atoms with Crippen molar-refractivity contribution in [1.82, 2.24) is 9.71 Å². The Morgan fingerprint density at radius 2 is 2.14 bits per heavy atom. The fourth-order valence-corrected chi connectivity index (χ4v) is 2.86. The molecule has 0 bridgehead atoms. The van der Waals surface area contributed by atoms with Crippen molar-refractivity contribution in [2.75, 3.05) is 39.2 Å². The molecule has 1 aromatic rings. The van der Waals surface area contributed by atoms with Crippen LogP contribution in [0.25, 0.3) is 0 Å². The fraction of sp³-hybridized carbons (Fsp3) is 0.615. The largest absolute Gasteiger partial charge is 0.382 e. The molecule has 1 rings (SSSR count). The molecule has 1 atom stereocenters. The summed E-state index contributed by atoms with van der Waals surface area (Å²) in [6.07, 6.45) is 2.09. The number of nitrogens with one attached hydrogen (secondary N) is 2. The molecule has 1 aromatic heterocycles. The van der Waals surface area contributed by atoms with Gasteiger partial charge in [-0.25, -0.2) is 18.1 Å². The molecule has 0 aliphatic rings. The molecule has 0 fully saturated rings. The number of nitrogens with zero attached hydrogens (tertiary/aromatic N) is 1. The number of hydrogen-bond donors (Lipinski definition) is 2. The van der Waals surface area contributed by atoms with Crippen LogP contribution >= 0.6 is 0 Å². The second kappa shape index (κ2) is 8.93. The minimum absolute atomic E-state index is 0.130. The molecule has 21 heavy (non-hydrogen) atoms. The summed E-state index contributed by atoms with van der Waals surface area (Å²) < 4.78 is 37.3. The van der Waals surface area contributed by atoms with Crippen LogP contribution in [0.5, 0.6) is 0 Å². The molecular formula is C13H23N3O4S. The van der Waals surface area contributed by atoms with Crippen LogP contribution in [0.2, 0.25) is 0 Å². The van der Waals surface area contributed by atoms with Gasteiger partial charge in [-0.2, -0.15) is 0 Å². The SMILES string of the molecule is CCCNc1ncccc1S(=O)(=O)NCC(COC)OC. The van der Waals surface area contributed by atoms with Gasteiger partial charge in [-0.1, -0.05) is 6.92 Å². The van der Waals surface area contributed by atoms with E-state index in [1.807, 2.05) is 6.92 Å². The van der Waals surface area contributed by atoms with Crippen molar-refractivity contribution < 1.29 is 17.9 Å². The van der Waals surface area contributed by atoms with Crippen LogP contribution in [0.15, 0.2) is 23.2 Å². The zero-order valence-corrected chi connectivity index (χ0v) is 13.4. The van der Waals surface area contributed by atoms with E-state index in [0.717, 1.165) is 6.42 Å². The summed E-state index contributed by atoms with van der Waals surface area (Å²) in [5.74, 6) is 0.354. The molecule has 0 amide bonds. The number of rotatable bonds is 10. The van der Waals surface area contributed by atoms with Gasteiger partial charge in [0.1, 0.15) is 10.7 Å². The summed E-state index contributed by atoms with van der Waals surface area (Å²) in [5.41, 5.74) is 0. The van der Waals surface area contributed by atoms with E-state index >= 15 is 0 Å². The predicted molar refractivity (Wildman–Crippen MR) is 80.9 cm³/mol. The third kappa shape index (κ3) is 5.58. The number of methoxy groups -OCH3 is 2. The summed E-state index contributed by atoms with van der Waals surface area (Å²) in [6, 6.07) is 3.11. The van der Waals surface area contributed by atoms with Crippen LogP contribution in [0, 0.1) is 0 Å². The molecule has 0 aliphatic carbocycles. The minimum atomic E-state index is -3.66. The third-order valence-electron chi connectivity index (χ3n) is 2.79. The van der Waals surface area contributed by atoms with Crippen molar-refractivity contribution in [3.8, 4) is 0 Å². The standard InChI is InChI=1S/C13H23N3O4S/c1-4-7-14-13-12(6-5-8-15-13)21(17,18)16-9-11(20-3)10-19-2/h5-6,8,11,16H,4,7,9-10H2,1-3H3,(H,14,15). The van der Waals surface area contributed by atoms with Gasteiger partial charge in [-0.05, 0) is 18.6 Å². The van der Waals surface area contributed by atoms with Crippen molar-refractivity contribution in [1.29, 1.82) is 0 Å². The van der Waals surface area contributed by atoms with Gasteiger partial charge in [-0.15, -0.1) is 0 Å². The van der Waals surface area contributed by atoms with Gasteiger partial charge in [-0.3, -0.25) is 0 Å². The van der Waals surface area contributed by atoms with Crippen molar-refractivity contribution in [3.63, 3.8) is 0 Å². The van der Waals surface area contributed by atoms with Gasteiger partial charge in [0.05, 0.1) is 12.7 Å². The highest BCUT2D eigenvalue weighted by atomic mass is 32.2.